The van der Waals surface area contributed by atoms with Crippen molar-refractivity contribution < 1.29 is 54.8 Å². The van der Waals surface area contributed by atoms with Gasteiger partial charge in [-0.2, -0.15) is 13.5 Å². The van der Waals surface area contributed by atoms with Crippen LogP contribution in [-0.4, -0.2) is 49.2 Å². The molecular formula is C19H19N7O12S4. The summed E-state index contributed by atoms with van der Waals surface area (Å²) in [6.07, 6.45) is 0. The van der Waals surface area contributed by atoms with Crippen LogP contribution < -0.4 is 11.5 Å². The Kier molecular flexibility index (Phi) is 12.0. The normalized spacial score (nSPS) is 12.5. The van der Waals surface area contributed by atoms with Crippen LogP contribution in [0.15, 0.2) is 83.7 Å². The lowest BCUT2D eigenvalue weighted by Crippen LogP contribution is -2.10. The fraction of sp³-hybridized carbons (Fsp3) is 0.105. The van der Waals surface area contributed by atoms with Crippen molar-refractivity contribution in [2.24, 2.45) is 20.5 Å². The first-order valence-electron chi connectivity index (χ1n) is 10.7. The molecule has 0 atom stereocenters. The lowest BCUT2D eigenvalue weighted by molar-refractivity contribution is -0.434. The first-order valence-corrected chi connectivity index (χ1v) is 15.2. The summed E-state index contributed by atoms with van der Waals surface area (Å²) >= 11 is 0.762. The number of sulfone groups is 1. The molecule has 1 aromatic heterocycles. The molecule has 19 nitrogen and oxygen atoms in total. The molecule has 0 unspecified atom stereocenters. The number of hydrogen-bond acceptors (Lipinski definition) is 20. The maximum Gasteiger partial charge on any atom is 0.296 e. The van der Waals surface area contributed by atoms with E-state index in [0.29, 0.717) is 12.0 Å². The summed E-state index contributed by atoms with van der Waals surface area (Å²) in [5.41, 5.74) is 11.5. The zero-order valence-corrected chi connectivity index (χ0v) is 23.8. The third kappa shape index (κ3) is 9.61. The summed E-state index contributed by atoms with van der Waals surface area (Å²) in [5.74, 6) is -0.722. The third-order valence-corrected chi connectivity index (χ3v) is 8.23. The second-order valence-electron chi connectivity index (χ2n) is 7.37. The van der Waals surface area contributed by atoms with E-state index in [1.54, 1.807) is 0 Å². The fourth-order valence-corrected chi connectivity index (χ4v) is 5.26. The highest BCUT2D eigenvalue weighted by atomic mass is 32.2. The molecule has 42 heavy (non-hydrogen) atoms. The number of anilines is 2. The van der Waals surface area contributed by atoms with Crippen LogP contribution in [0.5, 0.6) is 0 Å². The standard InChI is InChI=1S/C19H19N7O12S4/c20-18-15(25-23-11-1-4-13(5-2-11)41(29,30)8-7-34-40-38-36-28)10-16(19(21)22-18)26-24-14-9-12(39-37-35-27)3-6-17(14)42(31,32)33/h1-6,9-10,27-28H,7-8H2,(H4,20,21,22)(H,31,32,33). The monoisotopic (exact) mass is 665 g/mol. The van der Waals surface area contributed by atoms with Gasteiger partial charge in [0.2, 0.25) is 0 Å². The quantitative estimate of drug-likeness (QED) is 0.0372. The molecule has 1 heterocycles. The summed E-state index contributed by atoms with van der Waals surface area (Å²) in [7, 11) is -8.42. The highest BCUT2D eigenvalue weighted by Crippen LogP contribution is 2.35. The van der Waals surface area contributed by atoms with Crippen molar-refractivity contribution in [1.82, 2.24) is 4.98 Å². The maximum absolute atomic E-state index is 12.4. The SMILES string of the molecule is Nc1nc(N)c(N=Nc2cc(SOOO)ccc2S(=O)(=O)O)cc1N=Nc1ccc(S(=O)(=O)CCOSOOO)cc1. The number of benzene rings is 2. The molecule has 23 heteroatoms. The van der Waals surface area contributed by atoms with Crippen LogP contribution >= 0.6 is 24.4 Å². The van der Waals surface area contributed by atoms with Crippen molar-refractivity contribution in [3.63, 3.8) is 0 Å². The van der Waals surface area contributed by atoms with Gasteiger partial charge in [-0.1, -0.05) is 10.1 Å². The Morgan fingerprint density at radius 2 is 1.43 bits per heavy atom. The van der Waals surface area contributed by atoms with Crippen LogP contribution in [0.2, 0.25) is 0 Å². The molecule has 0 fully saturated rings. The van der Waals surface area contributed by atoms with Crippen LogP contribution in [0.1, 0.15) is 0 Å². The molecule has 0 saturated heterocycles. The lowest BCUT2D eigenvalue weighted by atomic mass is 10.3. The molecule has 0 aliphatic carbocycles. The Morgan fingerprint density at radius 1 is 0.810 bits per heavy atom. The summed E-state index contributed by atoms with van der Waals surface area (Å²) in [5, 5.41) is 38.8. The number of nitrogen functional groups attached to an aromatic ring is 2. The first kappa shape index (κ1) is 33.2. The van der Waals surface area contributed by atoms with Crippen molar-refractivity contribution in [1.29, 1.82) is 0 Å². The number of hydrogen-bond donors (Lipinski definition) is 5. The molecule has 2 aromatic carbocycles. The minimum absolute atomic E-state index is 0.00798. The average Bonchev–Trinajstić information content (AvgIpc) is 2.94. The Hall–Kier alpha value is -3.33. The van der Waals surface area contributed by atoms with E-state index in [1.165, 1.54) is 36.4 Å². The highest BCUT2D eigenvalue weighted by molar-refractivity contribution is 7.94. The predicted octanol–water partition coefficient (Wildman–Crippen LogP) is 4.53. The topological polar surface area (TPSA) is 289 Å². The second kappa shape index (κ2) is 15.2. The average molecular weight is 666 g/mol. The smallest absolute Gasteiger partial charge is 0.296 e. The van der Waals surface area contributed by atoms with Gasteiger partial charge in [-0.05, 0) is 42.5 Å². The van der Waals surface area contributed by atoms with Gasteiger partial charge in [0.05, 0.1) is 35.0 Å². The molecule has 0 bridgehead atoms. The number of pyridine rings is 1. The van der Waals surface area contributed by atoms with E-state index in [2.05, 4.69) is 44.2 Å². The van der Waals surface area contributed by atoms with E-state index in [0.717, 1.165) is 12.1 Å². The number of azo groups is 2. The van der Waals surface area contributed by atoms with Gasteiger partial charge < -0.3 is 11.5 Å². The lowest BCUT2D eigenvalue weighted by Gasteiger charge is -2.06. The molecule has 3 rings (SSSR count). The second-order valence-corrected chi connectivity index (χ2v) is 12.2. The van der Waals surface area contributed by atoms with Crippen LogP contribution in [0.25, 0.3) is 0 Å². The molecule has 0 aliphatic heterocycles. The maximum atomic E-state index is 12.4. The van der Waals surface area contributed by atoms with Crippen molar-refractivity contribution in [2.45, 2.75) is 14.7 Å². The van der Waals surface area contributed by atoms with E-state index in [4.69, 9.17) is 26.2 Å². The van der Waals surface area contributed by atoms with Gasteiger partial charge in [-0.3, -0.25) is 8.74 Å². The molecule has 0 radical (unpaired) electrons. The van der Waals surface area contributed by atoms with Gasteiger partial charge >= 0.3 is 0 Å². The van der Waals surface area contributed by atoms with E-state index < -0.39 is 24.9 Å². The fourth-order valence-electron chi connectivity index (χ4n) is 2.85. The van der Waals surface area contributed by atoms with Gasteiger partial charge in [0.25, 0.3) is 10.1 Å². The van der Waals surface area contributed by atoms with Gasteiger partial charge in [0, 0.05) is 11.0 Å². The summed E-state index contributed by atoms with van der Waals surface area (Å²) in [4.78, 5) is 3.52. The molecular weight excluding hydrogens is 647 g/mol. The summed E-state index contributed by atoms with van der Waals surface area (Å²) in [6, 6.07) is 10.0. The largest absolute Gasteiger partial charge is 0.382 e. The summed E-state index contributed by atoms with van der Waals surface area (Å²) in [6.45, 7) is -0.254. The van der Waals surface area contributed by atoms with E-state index in [-0.39, 0.29) is 68.9 Å². The zero-order valence-electron chi connectivity index (χ0n) is 20.6. The van der Waals surface area contributed by atoms with Crippen LogP contribution in [-0.2, 0) is 42.9 Å². The Balaban J connectivity index is 1.81. The van der Waals surface area contributed by atoms with Crippen LogP contribution in [0.4, 0.5) is 34.4 Å². The summed E-state index contributed by atoms with van der Waals surface area (Å²) < 4.78 is 70.8. The molecule has 0 saturated carbocycles. The Morgan fingerprint density at radius 3 is 2.05 bits per heavy atom. The Bertz CT molecular complexity index is 1660. The molecule has 226 valence electrons. The predicted molar refractivity (Wildman–Crippen MR) is 145 cm³/mol. The minimum atomic E-state index is -4.71. The number of nitrogens with zero attached hydrogens (tertiary/aromatic N) is 5. The van der Waals surface area contributed by atoms with Crippen molar-refractivity contribution in [2.75, 3.05) is 23.8 Å². The minimum Gasteiger partial charge on any atom is -0.382 e. The van der Waals surface area contributed by atoms with Crippen LogP contribution in [0.3, 0.4) is 0 Å². The van der Waals surface area contributed by atoms with Gasteiger partial charge in [-0.15, -0.1) is 24.0 Å². The van der Waals surface area contributed by atoms with Crippen molar-refractivity contribution in [3.05, 3.63) is 48.5 Å². The van der Waals surface area contributed by atoms with E-state index in [9.17, 15) is 21.4 Å². The molecule has 7 N–H and O–H groups in total. The Labute approximate surface area is 245 Å². The number of nitrogens with two attached hydrogens (primary N) is 2. The van der Waals surface area contributed by atoms with Gasteiger partial charge in [0.15, 0.2) is 33.8 Å². The van der Waals surface area contributed by atoms with Crippen molar-refractivity contribution in [3.8, 4) is 0 Å². The van der Waals surface area contributed by atoms with E-state index >= 15 is 0 Å². The van der Waals surface area contributed by atoms with Gasteiger partial charge in [-0.25, -0.2) is 23.9 Å². The number of aromatic nitrogens is 1. The zero-order chi connectivity index (χ0) is 30.8. The van der Waals surface area contributed by atoms with Crippen LogP contribution in [0, 0.1) is 0 Å². The molecule has 0 spiro atoms. The van der Waals surface area contributed by atoms with Gasteiger partial charge in [0.1, 0.15) is 22.0 Å². The molecule has 3 aromatic rings. The molecule has 0 aliphatic rings. The third-order valence-electron chi connectivity index (χ3n) is 4.68. The van der Waals surface area contributed by atoms with E-state index in [1.807, 2.05) is 0 Å². The number of rotatable bonds is 15. The first-order chi connectivity index (χ1) is 19.9. The van der Waals surface area contributed by atoms with Crippen molar-refractivity contribution >= 4 is 78.7 Å². The highest BCUT2D eigenvalue weighted by Gasteiger charge is 2.18. The molecule has 0 amide bonds.